The minimum absolute atomic E-state index is 0.00373. The van der Waals surface area contributed by atoms with Crippen LogP contribution >= 0.6 is 0 Å². The van der Waals surface area contributed by atoms with Gasteiger partial charge < -0.3 is 14.7 Å². The van der Waals surface area contributed by atoms with Crippen LogP contribution in [-0.4, -0.2) is 48.3 Å². The molecule has 1 fully saturated rings. The molecule has 2 amide bonds. The highest BCUT2D eigenvalue weighted by molar-refractivity contribution is 5.92. The fourth-order valence-electron chi connectivity index (χ4n) is 3.60. The summed E-state index contributed by atoms with van der Waals surface area (Å²) >= 11 is 0. The Bertz CT molecular complexity index is 931. The molecule has 0 aromatic heterocycles. The SMILES string of the molecule is COC(=O)c1ccc(CN(C(=O)N2CCCC2CO)c2cccc(C(F)(F)F)c2)cc1. The van der Waals surface area contributed by atoms with E-state index in [-0.39, 0.29) is 24.9 Å². The number of ether oxygens (including phenoxy) is 1. The second-order valence-electron chi connectivity index (χ2n) is 7.28. The molecule has 1 N–H and O–H groups in total. The van der Waals surface area contributed by atoms with E-state index in [4.69, 9.17) is 0 Å². The molecule has 1 atom stereocenters. The summed E-state index contributed by atoms with van der Waals surface area (Å²) < 4.78 is 44.4. The number of aliphatic hydroxyl groups excluding tert-OH is 1. The zero-order valence-electron chi connectivity index (χ0n) is 16.9. The number of aliphatic hydroxyl groups is 1. The van der Waals surface area contributed by atoms with E-state index in [0.717, 1.165) is 12.1 Å². The largest absolute Gasteiger partial charge is 0.465 e. The van der Waals surface area contributed by atoms with Crippen molar-refractivity contribution in [3.8, 4) is 0 Å². The predicted octanol–water partition coefficient (Wildman–Crippen LogP) is 4.08. The summed E-state index contributed by atoms with van der Waals surface area (Å²) in [5, 5.41) is 9.58. The summed E-state index contributed by atoms with van der Waals surface area (Å²) in [7, 11) is 1.26. The van der Waals surface area contributed by atoms with Gasteiger partial charge in [0, 0.05) is 12.2 Å². The van der Waals surface area contributed by atoms with Crippen molar-refractivity contribution >= 4 is 17.7 Å². The van der Waals surface area contributed by atoms with Gasteiger partial charge in [-0.15, -0.1) is 0 Å². The first kappa shape index (κ1) is 22.6. The normalized spacial score (nSPS) is 16.3. The Morgan fingerprint density at radius 3 is 2.52 bits per heavy atom. The molecule has 2 aromatic carbocycles. The average molecular weight is 436 g/mol. The number of urea groups is 1. The highest BCUT2D eigenvalue weighted by Gasteiger charge is 2.34. The summed E-state index contributed by atoms with van der Waals surface area (Å²) in [4.78, 5) is 27.7. The molecule has 0 spiro atoms. The van der Waals surface area contributed by atoms with Gasteiger partial charge >= 0.3 is 18.2 Å². The lowest BCUT2D eigenvalue weighted by Crippen LogP contribution is -2.46. The number of anilines is 1. The van der Waals surface area contributed by atoms with Gasteiger partial charge in [-0.05, 0) is 48.7 Å². The van der Waals surface area contributed by atoms with E-state index in [1.165, 1.54) is 41.2 Å². The van der Waals surface area contributed by atoms with Gasteiger partial charge in [0.25, 0.3) is 0 Å². The summed E-state index contributed by atoms with van der Waals surface area (Å²) in [6, 6.07) is 10.0. The number of hydrogen-bond donors (Lipinski definition) is 1. The van der Waals surface area contributed by atoms with Crippen molar-refractivity contribution in [2.45, 2.75) is 31.6 Å². The van der Waals surface area contributed by atoms with E-state index < -0.39 is 23.7 Å². The number of rotatable bonds is 5. The predicted molar refractivity (Wildman–Crippen MR) is 108 cm³/mol. The third-order valence-corrected chi connectivity index (χ3v) is 5.27. The monoisotopic (exact) mass is 436 g/mol. The number of benzene rings is 2. The third kappa shape index (κ3) is 5.16. The molecule has 3 rings (SSSR count). The van der Waals surface area contributed by atoms with Crippen LogP contribution in [0.2, 0.25) is 0 Å². The van der Waals surface area contributed by atoms with Crippen LogP contribution < -0.4 is 4.90 Å². The molecule has 9 heteroatoms. The molecule has 0 aliphatic carbocycles. The fourth-order valence-corrected chi connectivity index (χ4v) is 3.60. The van der Waals surface area contributed by atoms with Crippen LogP contribution in [0.25, 0.3) is 0 Å². The maximum absolute atomic E-state index is 13.3. The Balaban J connectivity index is 1.95. The Hall–Kier alpha value is -3.07. The molecule has 31 heavy (non-hydrogen) atoms. The first-order chi connectivity index (χ1) is 14.7. The minimum atomic E-state index is -4.55. The van der Waals surface area contributed by atoms with Crippen LogP contribution in [0.5, 0.6) is 0 Å². The Labute approximate surface area is 177 Å². The molecule has 1 aliphatic rings. The molecule has 6 nitrogen and oxygen atoms in total. The minimum Gasteiger partial charge on any atom is -0.465 e. The van der Waals surface area contributed by atoms with Crippen molar-refractivity contribution in [2.75, 3.05) is 25.2 Å². The van der Waals surface area contributed by atoms with Gasteiger partial charge in [0.15, 0.2) is 0 Å². The Morgan fingerprint density at radius 1 is 1.19 bits per heavy atom. The lowest BCUT2D eigenvalue weighted by Gasteiger charge is -2.31. The number of halogens is 3. The maximum atomic E-state index is 13.3. The van der Waals surface area contributed by atoms with Crippen LogP contribution in [0.4, 0.5) is 23.7 Å². The van der Waals surface area contributed by atoms with Crippen molar-refractivity contribution in [1.82, 2.24) is 4.90 Å². The van der Waals surface area contributed by atoms with Crippen LogP contribution in [0, 0.1) is 0 Å². The van der Waals surface area contributed by atoms with E-state index in [0.29, 0.717) is 30.5 Å². The van der Waals surface area contributed by atoms with Gasteiger partial charge in [0.2, 0.25) is 0 Å². The van der Waals surface area contributed by atoms with Crippen LogP contribution in [-0.2, 0) is 17.5 Å². The molecule has 0 bridgehead atoms. The van der Waals surface area contributed by atoms with E-state index in [9.17, 15) is 27.9 Å². The molecule has 1 aliphatic heterocycles. The second kappa shape index (κ2) is 9.38. The standard InChI is InChI=1S/C22H23F3N2O4/c1-31-20(29)16-9-7-15(8-10-16)13-27(21(30)26-11-3-6-19(26)14-28)18-5-2-4-17(12-18)22(23,24)25/h2,4-5,7-10,12,19,28H,3,6,11,13-14H2,1H3. The second-order valence-corrected chi connectivity index (χ2v) is 7.28. The zero-order valence-corrected chi connectivity index (χ0v) is 16.9. The zero-order chi connectivity index (χ0) is 22.6. The number of hydrogen-bond acceptors (Lipinski definition) is 4. The van der Waals surface area contributed by atoms with Crippen molar-refractivity contribution in [3.05, 3.63) is 65.2 Å². The highest BCUT2D eigenvalue weighted by atomic mass is 19.4. The first-order valence-electron chi connectivity index (χ1n) is 9.78. The fraction of sp³-hybridized carbons (Fsp3) is 0.364. The topological polar surface area (TPSA) is 70.1 Å². The van der Waals surface area contributed by atoms with Crippen molar-refractivity contribution in [2.24, 2.45) is 0 Å². The summed E-state index contributed by atoms with van der Waals surface area (Å²) in [6.45, 7) is 0.201. The van der Waals surface area contributed by atoms with Gasteiger partial charge in [-0.25, -0.2) is 9.59 Å². The molecule has 0 saturated carbocycles. The van der Waals surface area contributed by atoms with Gasteiger partial charge in [0.05, 0.1) is 37.4 Å². The first-order valence-corrected chi connectivity index (χ1v) is 9.78. The number of amides is 2. The molecule has 1 heterocycles. The van der Waals surface area contributed by atoms with Crippen LogP contribution in [0.15, 0.2) is 48.5 Å². The quantitative estimate of drug-likeness (QED) is 0.718. The number of carbonyl (C=O) groups is 2. The average Bonchev–Trinajstić information content (AvgIpc) is 3.25. The van der Waals surface area contributed by atoms with Crippen molar-refractivity contribution in [3.63, 3.8) is 0 Å². The molecular weight excluding hydrogens is 413 g/mol. The van der Waals surface area contributed by atoms with Gasteiger partial charge in [-0.1, -0.05) is 18.2 Å². The third-order valence-electron chi connectivity index (χ3n) is 5.27. The number of carbonyl (C=O) groups excluding carboxylic acids is 2. The number of esters is 1. The van der Waals surface area contributed by atoms with Crippen molar-refractivity contribution in [1.29, 1.82) is 0 Å². The number of alkyl halides is 3. The molecule has 1 unspecified atom stereocenters. The molecule has 0 radical (unpaired) electrons. The van der Waals surface area contributed by atoms with Gasteiger partial charge in [0.1, 0.15) is 0 Å². The summed E-state index contributed by atoms with van der Waals surface area (Å²) in [5.41, 5.74) is 0.186. The number of nitrogens with zero attached hydrogens (tertiary/aromatic N) is 2. The number of methoxy groups -OCH3 is 1. The van der Waals surface area contributed by atoms with E-state index in [1.54, 1.807) is 12.1 Å². The highest BCUT2D eigenvalue weighted by Crippen LogP contribution is 2.33. The summed E-state index contributed by atoms with van der Waals surface area (Å²) in [5.74, 6) is -0.514. The van der Waals surface area contributed by atoms with Crippen molar-refractivity contribution < 1.29 is 32.6 Å². The van der Waals surface area contributed by atoms with Gasteiger partial charge in [-0.2, -0.15) is 13.2 Å². The lowest BCUT2D eigenvalue weighted by molar-refractivity contribution is -0.137. The van der Waals surface area contributed by atoms with E-state index >= 15 is 0 Å². The Morgan fingerprint density at radius 2 is 1.90 bits per heavy atom. The van der Waals surface area contributed by atoms with E-state index in [1.807, 2.05) is 0 Å². The smallest absolute Gasteiger partial charge is 0.416 e. The molecule has 166 valence electrons. The lowest BCUT2D eigenvalue weighted by atomic mass is 10.1. The molecule has 1 saturated heterocycles. The van der Waals surface area contributed by atoms with Crippen LogP contribution in [0.1, 0.15) is 34.3 Å². The summed E-state index contributed by atoms with van der Waals surface area (Å²) in [6.07, 6.45) is -3.21. The maximum Gasteiger partial charge on any atom is 0.416 e. The van der Waals surface area contributed by atoms with Crippen LogP contribution in [0.3, 0.4) is 0 Å². The number of likely N-dealkylation sites (tertiary alicyclic amines) is 1. The molecular formula is C22H23F3N2O4. The Kier molecular flexibility index (Phi) is 6.84. The van der Waals surface area contributed by atoms with Gasteiger partial charge in [-0.3, -0.25) is 4.90 Å². The van der Waals surface area contributed by atoms with E-state index in [2.05, 4.69) is 4.74 Å². The molecule has 2 aromatic rings.